The number of benzene rings is 1. The molecule has 0 fully saturated rings. The van der Waals surface area contributed by atoms with Crippen LogP contribution in [0.25, 0.3) is 0 Å². The highest BCUT2D eigenvalue weighted by Gasteiger charge is 2.12. The first-order valence-corrected chi connectivity index (χ1v) is 8.89. The summed E-state index contributed by atoms with van der Waals surface area (Å²) in [6.45, 7) is 2.95. The van der Waals surface area contributed by atoms with Crippen molar-refractivity contribution in [2.75, 3.05) is 24.7 Å². The number of aromatic nitrogens is 2. The quantitative estimate of drug-likeness (QED) is 0.569. The first kappa shape index (κ1) is 17.1. The van der Waals surface area contributed by atoms with E-state index in [1.807, 2.05) is 0 Å². The number of carbonyl (C=O) groups excluding carboxylic acids is 1. The highest BCUT2D eigenvalue weighted by Crippen LogP contribution is 2.28. The number of nitrogens with zero attached hydrogens (tertiary/aromatic N) is 2. The Hall–Kier alpha value is -1.31. The summed E-state index contributed by atoms with van der Waals surface area (Å²) in [5, 5.41) is 12.5. The molecule has 118 valence electrons. The molecular formula is C14H16ClN3O2S2. The summed E-state index contributed by atoms with van der Waals surface area (Å²) in [4.78, 5) is 12.2. The Kier molecular flexibility index (Phi) is 6.48. The van der Waals surface area contributed by atoms with E-state index in [-0.39, 0.29) is 5.78 Å². The van der Waals surface area contributed by atoms with Crippen molar-refractivity contribution in [3.8, 4) is 5.75 Å². The lowest BCUT2D eigenvalue weighted by Crippen LogP contribution is -2.02. The number of methoxy groups -OCH3 is 1. The maximum absolute atomic E-state index is 12.2. The van der Waals surface area contributed by atoms with Crippen molar-refractivity contribution in [2.45, 2.75) is 17.7 Å². The van der Waals surface area contributed by atoms with Crippen molar-refractivity contribution in [3.63, 3.8) is 0 Å². The van der Waals surface area contributed by atoms with Gasteiger partial charge in [0.25, 0.3) is 0 Å². The molecule has 0 spiro atoms. The van der Waals surface area contributed by atoms with Crippen LogP contribution >= 0.6 is 34.7 Å². The maximum atomic E-state index is 12.2. The number of rotatable bonds is 8. The summed E-state index contributed by atoms with van der Waals surface area (Å²) in [6, 6.07) is 5.03. The molecule has 0 aliphatic heterocycles. The molecule has 1 N–H and O–H groups in total. The van der Waals surface area contributed by atoms with Crippen molar-refractivity contribution in [3.05, 3.63) is 28.8 Å². The van der Waals surface area contributed by atoms with Gasteiger partial charge in [0.05, 0.1) is 17.9 Å². The molecule has 2 rings (SSSR count). The van der Waals surface area contributed by atoms with Crippen molar-refractivity contribution >= 4 is 45.6 Å². The molecule has 2 aromatic rings. The molecule has 0 atom stereocenters. The maximum Gasteiger partial charge on any atom is 0.206 e. The second-order valence-corrected chi connectivity index (χ2v) is 6.97. The van der Waals surface area contributed by atoms with Crippen LogP contribution in [0.3, 0.4) is 0 Å². The average molecular weight is 358 g/mol. The van der Waals surface area contributed by atoms with Gasteiger partial charge in [0.1, 0.15) is 5.75 Å². The first-order chi connectivity index (χ1) is 10.6. The van der Waals surface area contributed by atoms with E-state index in [0.717, 1.165) is 22.4 Å². The van der Waals surface area contributed by atoms with Crippen LogP contribution in [0.5, 0.6) is 5.75 Å². The van der Waals surface area contributed by atoms with E-state index in [9.17, 15) is 4.79 Å². The van der Waals surface area contributed by atoms with Gasteiger partial charge in [-0.15, -0.1) is 10.2 Å². The molecule has 0 aliphatic carbocycles. The van der Waals surface area contributed by atoms with Gasteiger partial charge in [-0.3, -0.25) is 4.79 Å². The lowest BCUT2D eigenvalue weighted by Gasteiger charge is -2.04. The molecule has 0 saturated carbocycles. The standard InChI is InChI=1S/C14H16ClN3O2S2/c1-3-6-16-13-17-18-14(22-13)21-8-11(19)9-4-5-12(20-2)10(15)7-9/h4-5,7H,3,6,8H2,1-2H3,(H,16,17). The van der Waals surface area contributed by atoms with Gasteiger partial charge >= 0.3 is 0 Å². The van der Waals surface area contributed by atoms with E-state index in [2.05, 4.69) is 22.4 Å². The molecule has 1 aromatic carbocycles. The SMILES string of the molecule is CCCNc1nnc(SCC(=O)c2ccc(OC)c(Cl)c2)s1. The fourth-order valence-corrected chi connectivity index (χ4v) is 3.55. The topological polar surface area (TPSA) is 64.1 Å². The van der Waals surface area contributed by atoms with E-state index < -0.39 is 0 Å². The van der Waals surface area contributed by atoms with Gasteiger partial charge < -0.3 is 10.1 Å². The van der Waals surface area contributed by atoms with E-state index in [4.69, 9.17) is 16.3 Å². The Labute approximate surface area is 142 Å². The number of halogens is 1. The molecule has 8 heteroatoms. The van der Waals surface area contributed by atoms with Crippen LogP contribution in [0.15, 0.2) is 22.5 Å². The van der Waals surface area contributed by atoms with Gasteiger partial charge in [0.15, 0.2) is 10.1 Å². The average Bonchev–Trinajstić information content (AvgIpc) is 2.98. The normalized spacial score (nSPS) is 10.5. The predicted octanol–water partition coefficient (Wildman–Crippen LogP) is 4.00. The second kappa shape index (κ2) is 8.36. The smallest absolute Gasteiger partial charge is 0.206 e. The number of thioether (sulfide) groups is 1. The van der Waals surface area contributed by atoms with Crippen LogP contribution in [0, 0.1) is 0 Å². The molecular weight excluding hydrogens is 342 g/mol. The largest absolute Gasteiger partial charge is 0.495 e. The van der Waals surface area contributed by atoms with Gasteiger partial charge in [-0.1, -0.05) is 41.6 Å². The van der Waals surface area contributed by atoms with Crippen LogP contribution < -0.4 is 10.1 Å². The number of hydrogen-bond donors (Lipinski definition) is 1. The van der Waals surface area contributed by atoms with Gasteiger partial charge in [-0.2, -0.15) is 0 Å². The van der Waals surface area contributed by atoms with Crippen molar-refractivity contribution < 1.29 is 9.53 Å². The minimum absolute atomic E-state index is 0.00665. The summed E-state index contributed by atoms with van der Waals surface area (Å²) in [5.74, 6) is 0.847. The Balaban J connectivity index is 1.92. The monoisotopic (exact) mass is 357 g/mol. The minimum atomic E-state index is -0.00665. The number of ketones is 1. The van der Waals surface area contributed by atoms with Crippen molar-refractivity contribution in [1.29, 1.82) is 0 Å². The summed E-state index contributed by atoms with van der Waals surface area (Å²) in [6.07, 6.45) is 1.03. The van der Waals surface area contributed by atoms with Crippen LogP contribution in [-0.4, -0.2) is 35.4 Å². The van der Waals surface area contributed by atoms with Crippen LogP contribution in [0.2, 0.25) is 5.02 Å². The number of Topliss-reactive ketones (excluding diaryl/α,β-unsaturated/α-hetero) is 1. The molecule has 1 heterocycles. The predicted molar refractivity (Wildman–Crippen MR) is 91.7 cm³/mol. The van der Waals surface area contributed by atoms with E-state index in [0.29, 0.717) is 22.1 Å². The first-order valence-electron chi connectivity index (χ1n) is 6.71. The number of anilines is 1. The number of nitrogens with one attached hydrogen (secondary N) is 1. The molecule has 0 unspecified atom stereocenters. The van der Waals surface area contributed by atoms with Crippen molar-refractivity contribution in [2.24, 2.45) is 0 Å². The molecule has 0 bridgehead atoms. The van der Waals surface area contributed by atoms with Crippen LogP contribution in [0.4, 0.5) is 5.13 Å². The number of ether oxygens (including phenoxy) is 1. The lowest BCUT2D eigenvalue weighted by atomic mass is 10.1. The lowest BCUT2D eigenvalue weighted by molar-refractivity contribution is 0.102. The Morgan fingerprint density at radius 2 is 2.27 bits per heavy atom. The third kappa shape index (κ3) is 4.59. The van der Waals surface area contributed by atoms with E-state index in [1.165, 1.54) is 30.2 Å². The number of hydrogen-bond acceptors (Lipinski definition) is 7. The Morgan fingerprint density at radius 1 is 1.45 bits per heavy atom. The summed E-state index contributed by atoms with van der Waals surface area (Å²) < 4.78 is 5.84. The van der Waals surface area contributed by atoms with Gasteiger partial charge in [-0.25, -0.2) is 0 Å². The second-order valence-electron chi connectivity index (χ2n) is 4.36. The molecule has 22 heavy (non-hydrogen) atoms. The third-order valence-electron chi connectivity index (χ3n) is 2.73. The molecule has 1 aromatic heterocycles. The van der Waals surface area contributed by atoms with Gasteiger partial charge in [-0.05, 0) is 24.6 Å². The fraction of sp³-hybridized carbons (Fsp3) is 0.357. The van der Waals surface area contributed by atoms with Crippen molar-refractivity contribution in [1.82, 2.24) is 10.2 Å². The molecule has 0 amide bonds. The zero-order chi connectivity index (χ0) is 15.9. The fourth-order valence-electron chi connectivity index (χ4n) is 1.62. The molecule has 0 radical (unpaired) electrons. The summed E-state index contributed by atoms with van der Waals surface area (Å²) in [7, 11) is 1.54. The van der Waals surface area contributed by atoms with Crippen LogP contribution in [0.1, 0.15) is 23.7 Å². The molecule has 0 aliphatic rings. The third-order valence-corrected chi connectivity index (χ3v) is 5.04. The zero-order valence-corrected chi connectivity index (χ0v) is 14.6. The Bertz CT molecular complexity index is 649. The summed E-state index contributed by atoms with van der Waals surface area (Å²) >= 11 is 8.86. The van der Waals surface area contributed by atoms with Gasteiger partial charge in [0.2, 0.25) is 5.13 Å². The zero-order valence-electron chi connectivity index (χ0n) is 12.3. The Morgan fingerprint density at radius 3 is 2.95 bits per heavy atom. The van der Waals surface area contributed by atoms with E-state index >= 15 is 0 Å². The summed E-state index contributed by atoms with van der Waals surface area (Å²) in [5.41, 5.74) is 0.562. The minimum Gasteiger partial charge on any atom is -0.495 e. The molecule has 5 nitrogen and oxygen atoms in total. The highest BCUT2D eigenvalue weighted by molar-refractivity contribution is 8.01. The van der Waals surface area contributed by atoms with E-state index in [1.54, 1.807) is 18.2 Å². The highest BCUT2D eigenvalue weighted by atomic mass is 35.5. The number of carbonyl (C=O) groups is 1. The van der Waals surface area contributed by atoms with Crippen LogP contribution in [-0.2, 0) is 0 Å². The molecule has 0 saturated heterocycles. The van der Waals surface area contributed by atoms with Gasteiger partial charge in [0, 0.05) is 12.1 Å².